The van der Waals surface area contributed by atoms with E-state index in [2.05, 4.69) is 0 Å². The second-order valence-electron chi connectivity index (χ2n) is 13.2. The van der Waals surface area contributed by atoms with Crippen molar-refractivity contribution in [3.63, 3.8) is 0 Å². The second kappa shape index (κ2) is 17.5. The fourth-order valence-corrected chi connectivity index (χ4v) is 5.62. The number of aliphatic carboxylic acids is 1. The summed E-state index contributed by atoms with van der Waals surface area (Å²) in [5, 5.41) is 9.38. The Morgan fingerprint density at radius 3 is 1.57 bits per heavy atom. The molecule has 46 heavy (non-hydrogen) atoms. The Hall–Kier alpha value is -3.38. The quantitative estimate of drug-likeness (QED) is 0.290. The number of hydrogen-bond donors (Lipinski definition) is 1. The van der Waals surface area contributed by atoms with Crippen LogP contribution >= 0.6 is 0 Å². The number of alkyl halides is 2. The number of likely N-dealkylation sites (tertiary alicyclic amines) is 2. The lowest BCUT2D eigenvalue weighted by molar-refractivity contribution is -0.147. The summed E-state index contributed by atoms with van der Waals surface area (Å²) in [6, 6.07) is 4.97. The maximum Gasteiger partial charge on any atom is 0.329 e. The Morgan fingerprint density at radius 1 is 0.783 bits per heavy atom. The highest BCUT2D eigenvalue weighted by Crippen LogP contribution is 2.20. The highest BCUT2D eigenvalue weighted by Gasteiger charge is 2.28. The van der Waals surface area contributed by atoms with E-state index in [4.69, 9.17) is 4.74 Å². The molecule has 10 nitrogen and oxygen atoms in total. The third-order valence-corrected chi connectivity index (χ3v) is 8.16. The zero-order valence-corrected chi connectivity index (χ0v) is 27.7. The van der Waals surface area contributed by atoms with Crippen LogP contribution in [0.15, 0.2) is 46.2 Å². The standard InChI is InChI=1S/C18H27FN2O3.C16H23FN2O3/c1-4-24-18(23)16(9-13(2)3)21-10-14(5-6-17(21)22)7-8-20-11-15(19)12-20;1-11(2)7-14(16(21)22)19-8-12(3-4-15(19)20)5-6-18-9-13(17)10-18/h5-6,10,13,15-16H,4,7-9,11-12H2,1-3H3;3-4,8,11,13-14H,5-7,9-10H2,1-2H3,(H,21,22). The van der Waals surface area contributed by atoms with E-state index in [1.165, 1.54) is 21.3 Å². The Morgan fingerprint density at radius 2 is 1.20 bits per heavy atom. The van der Waals surface area contributed by atoms with Gasteiger partial charge in [0.1, 0.15) is 24.4 Å². The van der Waals surface area contributed by atoms with Crippen molar-refractivity contribution in [2.45, 2.75) is 84.7 Å². The first-order valence-corrected chi connectivity index (χ1v) is 16.3. The van der Waals surface area contributed by atoms with E-state index in [1.54, 1.807) is 31.5 Å². The van der Waals surface area contributed by atoms with E-state index in [0.29, 0.717) is 52.0 Å². The van der Waals surface area contributed by atoms with Gasteiger partial charge in [-0.2, -0.15) is 0 Å². The number of rotatable bonds is 15. The predicted octanol–water partition coefficient (Wildman–Crippen LogP) is 3.91. The van der Waals surface area contributed by atoms with Crippen molar-refractivity contribution in [1.29, 1.82) is 0 Å². The number of carboxylic acid groups (broad SMARTS) is 1. The van der Waals surface area contributed by atoms with E-state index in [0.717, 1.165) is 30.6 Å². The average Bonchev–Trinajstić information content (AvgIpc) is 2.95. The number of hydrogen-bond acceptors (Lipinski definition) is 7. The number of pyridine rings is 2. The SMILES string of the molecule is CC(C)CC(C(=O)O)n1cc(CCN2CC(F)C2)ccc1=O.CCOC(=O)C(CC(C)C)n1cc(CCN2CC(F)C2)ccc1=O. The van der Waals surface area contributed by atoms with Crippen LogP contribution in [0.25, 0.3) is 0 Å². The van der Waals surface area contributed by atoms with Crippen molar-refractivity contribution in [1.82, 2.24) is 18.9 Å². The molecule has 1 N–H and O–H groups in total. The van der Waals surface area contributed by atoms with Gasteiger partial charge in [-0.3, -0.25) is 19.4 Å². The molecule has 2 saturated heterocycles. The van der Waals surface area contributed by atoms with E-state index in [1.807, 2.05) is 37.5 Å². The molecule has 0 aliphatic carbocycles. The molecule has 0 spiro atoms. The molecule has 2 aliphatic rings. The molecule has 12 heteroatoms. The van der Waals surface area contributed by atoms with Gasteiger partial charge in [0.15, 0.2) is 0 Å². The van der Waals surface area contributed by atoms with Crippen molar-refractivity contribution in [3.05, 3.63) is 68.5 Å². The molecular formula is C34H50F2N4O6. The first-order chi connectivity index (χ1) is 21.8. The van der Waals surface area contributed by atoms with Gasteiger partial charge in [-0.25, -0.2) is 18.4 Å². The minimum absolute atomic E-state index is 0.180. The van der Waals surface area contributed by atoms with Gasteiger partial charge in [0.2, 0.25) is 0 Å². The topological polar surface area (TPSA) is 114 Å². The Bertz CT molecular complexity index is 1400. The lowest BCUT2D eigenvalue weighted by Gasteiger charge is -2.34. The number of carboxylic acids is 1. The monoisotopic (exact) mass is 648 g/mol. The smallest absolute Gasteiger partial charge is 0.329 e. The van der Waals surface area contributed by atoms with Crippen molar-refractivity contribution in [3.8, 4) is 0 Å². The number of halogens is 2. The summed E-state index contributed by atoms with van der Waals surface area (Å²) in [5.74, 6) is -0.916. The van der Waals surface area contributed by atoms with Crippen LogP contribution in [0.4, 0.5) is 8.78 Å². The van der Waals surface area contributed by atoms with Crippen molar-refractivity contribution in [2.24, 2.45) is 11.8 Å². The number of aromatic nitrogens is 2. The molecule has 4 heterocycles. The number of carbonyl (C=O) groups excluding carboxylic acids is 1. The molecule has 2 aromatic rings. The zero-order chi connectivity index (χ0) is 34.0. The lowest BCUT2D eigenvalue weighted by Crippen LogP contribution is -2.48. The van der Waals surface area contributed by atoms with Gasteiger partial charge < -0.3 is 19.0 Å². The van der Waals surface area contributed by atoms with Gasteiger partial charge in [-0.15, -0.1) is 0 Å². The first-order valence-electron chi connectivity index (χ1n) is 16.3. The molecule has 2 aromatic heterocycles. The fraction of sp³-hybridized carbons (Fsp3) is 0.647. The van der Waals surface area contributed by atoms with Crippen LogP contribution < -0.4 is 11.1 Å². The normalized spacial score (nSPS) is 17.2. The Kier molecular flexibility index (Phi) is 14.1. The predicted molar refractivity (Wildman–Crippen MR) is 173 cm³/mol. The molecule has 0 aromatic carbocycles. The Balaban J connectivity index is 0.000000251. The zero-order valence-electron chi connectivity index (χ0n) is 27.7. The van der Waals surface area contributed by atoms with Gasteiger partial charge >= 0.3 is 11.9 Å². The molecule has 2 fully saturated rings. The van der Waals surface area contributed by atoms with Gasteiger partial charge in [0.25, 0.3) is 11.1 Å². The van der Waals surface area contributed by atoms with E-state index < -0.39 is 30.4 Å². The van der Waals surface area contributed by atoms with Crippen LogP contribution in [0.5, 0.6) is 0 Å². The van der Waals surface area contributed by atoms with Crippen LogP contribution in [0.1, 0.15) is 70.7 Å². The van der Waals surface area contributed by atoms with Crippen LogP contribution in [0.2, 0.25) is 0 Å². The third kappa shape index (κ3) is 11.2. The molecule has 0 bridgehead atoms. The lowest BCUT2D eigenvalue weighted by atomic mass is 10.0. The van der Waals surface area contributed by atoms with Gasteiger partial charge in [0, 0.05) is 63.8 Å². The molecule has 256 valence electrons. The van der Waals surface area contributed by atoms with Crippen LogP contribution in [0.3, 0.4) is 0 Å². The van der Waals surface area contributed by atoms with E-state index in [9.17, 15) is 33.1 Å². The minimum Gasteiger partial charge on any atom is -0.480 e. The summed E-state index contributed by atoms with van der Waals surface area (Å²) in [4.78, 5) is 52.0. The van der Waals surface area contributed by atoms with Gasteiger partial charge in [0.05, 0.1) is 6.61 Å². The summed E-state index contributed by atoms with van der Waals surface area (Å²) in [6.45, 7) is 13.3. The minimum atomic E-state index is -0.990. The number of carbonyl (C=O) groups is 2. The number of nitrogens with zero attached hydrogens (tertiary/aromatic N) is 4. The number of esters is 1. The van der Waals surface area contributed by atoms with E-state index >= 15 is 0 Å². The third-order valence-electron chi connectivity index (χ3n) is 8.16. The Labute approximate surface area is 270 Å². The molecular weight excluding hydrogens is 598 g/mol. The van der Waals surface area contributed by atoms with E-state index in [-0.39, 0.29) is 28.9 Å². The molecule has 2 atom stereocenters. The fourth-order valence-electron chi connectivity index (χ4n) is 5.62. The summed E-state index contributed by atoms with van der Waals surface area (Å²) in [5.41, 5.74) is 1.36. The largest absolute Gasteiger partial charge is 0.480 e. The molecule has 2 aliphatic heterocycles. The number of ether oxygens (including phenoxy) is 1. The van der Waals surface area contributed by atoms with Crippen LogP contribution in [-0.4, -0.2) is 94.2 Å². The van der Waals surface area contributed by atoms with Crippen LogP contribution in [-0.2, 0) is 27.2 Å². The molecule has 0 amide bonds. The summed E-state index contributed by atoms with van der Waals surface area (Å²) in [6.07, 6.45) is 4.32. The summed E-state index contributed by atoms with van der Waals surface area (Å²) < 4.78 is 33.6. The van der Waals surface area contributed by atoms with Crippen molar-refractivity contribution in [2.75, 3.05) is 45.9 Å². The molecule has 2 unspecified atom stereocenters. The van der Waals surface area contributed by atoms with Crippen molar-refractivity contribution >= 4 is 11.9 Å². The van der Waals surface area contributed by atoms with Gasteiger partial charge in [-0.05, 0) is 55.6 Å². The second-order valence-corrected chi connectivity index (χ2v) is 13.2. The highest BCUT2D eigenvalue weighted by molar-refractivity contribution is 5.74. The average molecular weight is 649 g/mol. The van der Waals surface area contributed by atoms with Crippen molar-refractivity contribution < 1.29 is 28.2 Å². The summed E-state index contributed by atoms with van der Waals surface area (Å²) in [7, 11) is 0. The maximum absolute atomic E-state index is 12.9. The molecule has 0 saturated carbocycles. The van der Waals surface area contributed by atoms with Gasteiger partial charge in [-0.1, -0.05) is 39.8 Å². The maximum atomic E-state index is 12.9. The molecule has 4 rings (SSSR count). The molecule has 0 radical (unpaired) electrons. The first kappa shape index (κ1) is 37.1. The highest BCUT2D eigenvalue weighted by atomic mass is 19.1. The summed E-state index contributed by atoms with van der Waals surface area (Å²) >= 11 is 0. The van der Waals surface area contributed by atoms with Crippen LogP contribution in [0, 0.1) is 11.8 Å².